The number of pyridine rings is 1. The number of carbonyl (C=O) groups excluding carboxylic acids is 3. The Morgan fingerprint density at radius 2 is 1.56 bits per heavy atom. The van der Waals surface area contributed by atoms with Gasteiger partial charge in [0, 0.05) is 57.0 Å². The standard InChI is InChI=1S/C20H26N4O3/c25-18(23-13-11-22(12-14-23)15-5-8-21-9-6-15)7-10-24-19(26)16-3-1-2-4-17(16)20(24)27/h5-6,8-9,16-17H,1-4,7,10-14H2/p+1/t16-,17-/m0/s1. The van der Waals surface area contributed by atoms with Crippen molar-refractivity contribution in [3.63, 3.8) is 0 Å². The van der Waals surface area contributed by atoms with Gasteiger partial charge in [-0.2, -0.15) is 0 Å². The minimum atomic E-state index is -0.131. The Bertz CT molecular complexity index is 691. The Hall–Kier alpha value is -2.44. The Kier molecular flexibility index (Phi) is 5.09. The molecule has 3 amide bonds. The molecule has 7 heteroatoms. The monoisotopic (exact) mass is 371 g/mol. The van der Waals surface area contributed by atoms with Crippen molar-refractivity contribution in [3.05, 3.63) is 24.5 Å². The molecule has 3 fully saturated rings. The molecular weight excluding hydrogens is 344 g/mol. The summed E-state index contributed by atoms with van der Waals surface area (Å²) in [4.78, 5) is 46.1. The van der Waals surface area contributed by atoms with E-state index in [0.717, 1.165) is 44.5 Å². The van der Waals surface area contributed by atoms with Crippen molar-refractivity contribution < 1.29 is 19.4 Å². The number of anilines is 1. The molecule has 1 aliphatic carbocycles. The van der Waals surface area contributed by atoms with Gasteiger partial charge in [-0.3, -0.25) is 19.3 Å². The largest absolute Gasteiger partial charge is 0.368 e. The normalized spacial score (nSPS) is 25.7. The van der Waals surface area contributed by atoms with E-state index in [1.54, 1.807) is 0 Å². The summed E-state index contributed by atoms with van der Waals surface area (Å²) >= 11 is 0. The van der Waals surface area contributed by atoms with E-state index >= 15 is 0 Å². The van der Waals surface area contributed by atoms with E-state index in [-0.39, 0.29) is 42.5 Å². The number of H-pyrrole nitrogens is 1. The zero-order valence-corrected chi connectivity index (χ0v) is 15.6. The summed E-state index contributed by atoms with van der Waals surface area (Å²) in [7, 11) is 0. The molecule has 0 spiro atoms. The molecule has 0 unspecified atom stereocenters. The molecule has 1 N–H and O–H groups in total. The third kappa shape index (κ3) is 3.55. The maximum Gasteiger partial charge on any atom is 0.233 e. The maximum absolute atomic E-state index is 12.6. The molecule has 3 heterocycles. The van der Waals surface area contributed by atoms with Gasteiger partial charge in [-0.25, -0.2) is 4.98 Å². The minimum absolute atomic E-state index is 0.0338. The average molecular weight is 371 g/mol. The number of aromatic amines is 1. The van der Waals surface area contributed by atoms with Crippen molar-refractivity contribution >= 4 is 23.4 Å². The number of carbonyl (C=O) groups is 3. The fourth-order valence-electron chi connectivity index (χ4n) is 4.62. The van der Waals surface area contributed by atoms with Crippen LogP contribution in [0.2, 0.25) is 0 Å². The summed E-state index contributed by atoms with van der Waals surface area (Å²) in [6.45, 7) is 3.16. The molecule has 0 bridgehead atoms. The second-order valence-electron chi connectivity index (χ2n) is 7.70. The van der Waals surface area contributed by atoms with Gasteiger partial charge in [0.25, 0.3) is 0 Å². The van der Waals surface area contributed by atoms with Crippen LogP contribution in [0, 0.1) is 11.8 Å². The molecule has 1 aromatic heterocycles. The second kappa shape index (κ2) is 7.66. The van der Waals surface area contributed by atoms with Gasteiger partial charge in [-0.05, 0) is 12.8 Å². The van der Waals surface area contributed by atoms with E-state index in [2.05, 4.69) is 9.88 Å². The minimum Gasteiger partial charge on any atom is -0.368 e. The van der Waals surface area contributed by atoms with Crippen LogP contribution >= 0.6 is 0 Å². The van der Waals surface area contributed by atoms with Crippen LogP contribution in [0.4, 0.5) is 5.69 Å². The van der Waals surface area contributed by atoms with Crippen molar-refractivity contribution in [1.82, 2.24) is 9.80 Å². The van der Waals surface area contributed by atoms with Crippen LogP contribution in [0.1, 0.15) is 32.1 Å². The second-order valence-corrected chi connectivity index (χ2v) is 7.70. The summed E-state index contributed by atoms with van der Waals surface area (Å²) in [6, 6.07) is 4.06. The average Bonchev–Trinajstić information content (AvgIpc) is 2.97. The molecule has 0 aromatic carbocycles. The number of nitrogens with zero attached hydrogens (tertiary/aromatic N) is 3. The number of imide groups is 1. The number of hydrogen-bond donors (Lipinski definition) is 0. The Balaban J connectivity index is 1.28. The molecule has 0 radical (unpaired) electrons. The van der Waals surface area contributed by atoms with E-state index in [1.807, 2.05) is 29.4 Å². The SMILES string of the molecule is O=C(CCN1C(=O)[C@H]2CCCC[C@@H]2C1=O)N1CCN(c2cc[nH+]cc2)CC1. The Morgan fingerprint density at radius 3 is 2.15 bits per heavy atom. The highest BCUT2D eigenvalue weighted by Gasteiger charge is 2.47. The highest BCUT2D eigenvalue weighted by atomic mass is 16.2. The Labute approximate surface area is 159 Å². The number of piperazine rings is 1. The Morgan fingerprint density at radius 1 is 0.963 bits per heavy atom. The van der Waals surface area contributed by atoms with Crippen LogP contribution in [-0.2, 0) is 14.4 Å². The fraction of sp³-hybridized carbons (Fsp3) is 0.600. The number of hydrogen-bond acceptors (Lipinski definition) is 4. The summed E-state index contributed by atoms with van der Waals surface area (Å²) < 4.78 is 0. The quantitative estimate of drug-likeness (QED) is 0.731. The van der Waals surface area contributed by atoms with E-state index in [4.69, 9.17) is 0 Å². The topological polar surface area (TPSA) is 75.1 Å². The number of amides is 3. The van der Waals surface area contributed by atoms with Gasteiger partial charge in [0.1, 0.15) is 0 Å². The first-order valence-corrected chi connectivity index (χ1v) is 9.99. The van der Waals surface area contributed by atoms with Crippen LogP contribution in [0.5, 0.6) is 0 Å². The molecular formula is C20H27N4O3+. The molecule has 2 atom stereocenters. The lowest BCUT2D eigenvalue weighted by atomic mass is 9.81. The lowest BCUT2D eigenvalue weighted by Crippen LogP contribution is -2.49. The molecule has 144 valence electrons. The van der Waals surface area contributed by atoms with Gasteiger partial charge in [-0.1, -0.05) is 12.8 Å². The van der Waals surface area contributed by atoms with Crippen molar-refractivity contribution in [2.45, 2.75) is 32.1 Å². The van der Waals surface area contributed by atoms with Crippen LogP contribution in [0.15, 0.2) is 24.5 Å². The molecule has 2 aliphatic heterocycles. The van der Waals surface area contributed by atoms with Crippen LogP contribution in [-0.4, -0.2) is 60.2 Å². The predicted octanol–water partition coefficient (Wildman–Crippen LogP) is 0.715. The lowest BCUT2D eigenvalue weighted by molar-refractivity contribution is -0.377. The van der Waals surface area contributed by atoms with Crippen molar-refractivity contribution in [2.24, 2.45) is 11.8 Å². The van der Waals surface area contributed by atoms with E-state index < -0.39 is 0 Å². The number of fused-ring (bicyclic) bond motifs is 1. The molecule has 4 rings (SSSR count). The summed E-state index contributed by atoms with van der Waals surface area (Å²) in [5.74, 6) is -0.334. The highest BCUT2D eigenvalue weighted by molar-refractivity contribution is 6.05. The first kappa shape index (κ1) is 17.9. The third-order valence-electron chi connectivity index (χ3n) is 6.18. The molecule has 1 saturated carbocycles. The van der Waals surface area contributed by atoms with Crippen LogP contribution < -0.4 is 9.88 Å². The van der Waals surface area contributed by atoms with Crippen LogP contribution in [0.3, 0.4) is 0 Å². The summed E-state index contributed by atoms with van der Waals surface area (Å²) in [5, 5.41) is 0. The summed E-state index contributed by atoms with van der Waals surface area (Å²) in [5.41, 5.74) is 1.15. The lowest BCUT2D eigenvalue weighted by Gasteiger charge is -2.36. The first-order chi connectivity index (χ1) is 13.1. The first-order valence-electron chi connectivity index (χ1n) is 9.99. The van der Waals surface area contributed by atoms with Gasteiger partial charge in [0.15, 0.2) is 12.4 Å². The summed E-state index contributed by atoms with van der Waals surface area (Å²) in [6.07, 6.45) is 7.71. The highest BCUT2D eigenvalue weighted by Crippen LogP contribution is 2.38. The van der Waals surface area contributed by atoms with Crippen molar-refractivity contribution in [3.8, 4) is 0 Å². The zero-order valence-electron chi connectivity index (χ0n) is 15.6. The van der Waals surface area contributed by atoms with E-state index in [1.165, 1.54) is 4.90 Å². The van der Waals surface area contributed by atoms with Crippen LogP contribution in [0.25, 0.3) is 0 Å². The zero-order chi connectivity index (χ0) is 18.8. The smallest absolute Gasteiger partial charge is 0.233 e. The van der Waals surface area contributed by atoms with Gasteiger partial charge in [0.2, 0.25) is 17.7 Å². The van der Waals surface area contributed by atoms with Gasteiger partial charge in [0.05, 0.1) is 11.8 Å². The number of nitrogens with one attached hydrogen (secondary N) is 1. The predicted molar refractivity (Wildman–Crippen MR) is 98.6 cm³/mol. The van der Waals surface area contributed by atoms with Gasteiger partial charge >= 0.3 is 0 Å². The van der Waals surface area contributed by atoms with Gasteiger partial charge < -0.3 is 9.80 Å². The molecule has 27 heavy (non-hydrogen) atoms. The van der Waals surface area contributed by atoms with E-state index in [0.29, 0.717) is 13.1 Å². The van der Waals surface area contributed by atoms with E-state index in [9.17, 15) is 14.4 Å². The molecule has 2 saturated heterocycles. The number of rotatable bonds is 4. The third-order valence-corrected chi connectivity index (χ3v) is 6.18. The van der Waals surface area contributed by atoms with Crippen molar-refractivity contribution in [2.75, 3.05) is 37.6 Å². The number of aromatic nitrogens is 1. The molecule has 1 aromatic rings. The van der Waals surface area contributed by atoms with Crippen molar-refractivity contribution in [1.29, 1.82) is 0 Å². The van der Waals surface area contributed by atoms with Gasteiger partial charge in [-0.15, -0.1) is 0 Å². The molecule has 3 aliphatic rings. The fourth-order valence-corrected chi connectivity index (χ4v) is 4.62. The number of likely N-dealkylation sites (tertiary alicyclic amines) is 1. The maximum atomic E-state index is 12.6. The molecule has 7 nitrogen and oxygen atoms in total.